The van der Waals surface area contributed by atoms with Gasteiger partial charge in [0.25, 0.3) is 11.7 Å². The van der Waals surface area contributed by atoms with Crippen LogP contribution in [0.15, 0.2) is 78.5 Å². The van der Waals surface area contributed by atoms with Crippen molar-refractivity contribution in [2.75, 3.05) is 11.7 Å². The number of Topliss-reactive ketones (excluding diaryl/α,β-unsaturated/α-hetero) is 1. The molecule has 6 rings (SSSR count). The molecule has 2 aliphatic heterocycles. The molecule has 1 saturated heterocycles. The van der Waals surface area contributed by atoms with E-state index in [1.807, 2.05) is 66.3 Å². The molecule has 1 aromatic heterocycles. The van der Waals surface area contributed by atoms with Gasteiger partial charge >= 0.3 is 0 Å². The molecule has 0 spiro atoms. The molecule has 0 bridgehead atoms. The number of ether oxygens (including phenoxy) is 2. The second-order valence-corrected chi connectivity index (χ2v) is 8.97. The lowest BCUT2D eigenvalue weighted by molar-refractivity contribution is -0.132. The Balaban J connectivity index is 1.59. The van der Waals surface area contributed by atoms with Gasteiger partial charge < -0.3 is 19.1 Å². The van der Waals surface area contributed by atoms with E-state index in [0.29, 0.717) is 22.7 Å². The number of aliphatic hydroxyl groups excluding tert-OH is 1. The van der Waals surface area contributed by atoms with Crippen molar-refractivity contribution in [2.45, 2.75) is 19.4 Å². The average Bonchev–Trinajstić information content (AvgIpc) is 3.58. The third-order valence-corrected chi connectivity index (χ3v) is 6.94. The number of aliphatic hydroxyl groups is 1. The van der Waals surface area contributed by atoms with E-state index in [1.165, 1.54) is 4.90 Å². The monoisotopic (exact) mass is 480 g/mol. The number of carbonyl (C=O) groups excluding carboxylic acids is 2. The van der Waals surface area contributed by atoms with Gasteiger partial charge in [-0.3, -0.25) is 14.5 Å². The van der Waals surface area contributed by atoms with Gasteiger partial charge in [-0.05, 0) is 48.4 Å². The van der Waals surface area contributed by atoms with Crippen molar-refractivity contribution >= 4 is 34.0 Å². The zero-order chi connectivity index (χ0) is 25.0. The van der Waals surface area contributed by atoms with E-state index in [-0.39, 0.29) is 18.1 Å². The quantitative estimate of drug-likeness (QED) is 0.250. The van der Waals surface area contributed by atoms with Crippen LogP contribution in [0.3, 0.4) is 0 Å². The number of benzene rings is 3. The molecule has 3 aromatic carbocycles. The number of carbonyl (C=O) groups is 2. The van der Waals surface area contributed by atoms with Gasteiger partial charge in [-0.25, -0.2) is 0 Å². The fourth-order valence-corrected chi connectivity index (χ4v) is 5.08. The smallest absolute Gasteiger partial charge is 0.300 e. The highest BCUT2D eigenvalue weighted by atomic mass is 16.7. The third-order valence-electron chi connectivity index (χ3n) is 6.94. The fraction of sp³-hybridized carbons (Fsp3) is 0.172. The SMILES string of the molecule is CCc1ccc(N2C(=O)C(=O)/C(=C(/O)c3ccc4c(c3)OCO4)C2c2cn(C)c3ccccc23)cc1. The van der Waals surface area contributed by atoms with E-state index < -0.39 is 17.7 Å². The maximum atomic E-state index is 13.5. The average molecular weight is 481 g/mol. The van der Waals surface area contributed by atoms with Crippen LogP contribution in [0.5, 0.6) is 11.5 Å². The Bertz CT molecular complexity index is 1560. The summed E-state index contributed by atoms with van der Waals surface area (Å²) in [6.45, 7) is 2.15. The van der Waals surface area contributed by atoms with E-state index >= 15 is 0 Å². The van der Waals surface area contributed by atoms with E-state index in [0.717, 1.165) is 28.5 Å². The third kappa shape index (κ3) is 3.27. The van der Waals surface area contributed by atoms with Crippen molar-refractivity contribution in [3.63, 3.8) is 0 Å². The van der Waals surface area contributed by atoms with Crippen molar-refractivity contribution in [1.29, 1.82) is 0 Å². The van der Waals surface area contributed by atoms with E-state index in [1.54, 1.807) is 18.2 Å². The second-order valence-electron chi connectivity index (χ2n) is 8.97. The minimum absolute atomic E-state index is 0.0368. The van der Waals surface area contributed by atoms with E-state index in [4.69, 9.17) is 9.47 Å². The lowest BCUT2D eigenvalue weighted by atomic mass is 9.94. The van der Waals surface area contributed by atoms with Crippen LogP contribution in [-0.2, 0) is 23.1 Å². The van der Waals surface area contributed by atoms with Gasteiger partial charge in [0, 0.05) is 41.0 Å². The molecule has 7 heteroatoms. The Labute approximate surface area is 207 Å². The summed E-state index contributed by atoms with van der Waals surface area (Å²) in [6, 6.07) is 19.6. The van der Waals surface area contributed by atoms with Crippen molar-refractivity contribution in [3.8, 4) is 11.5 Å². The first-order valence-corrected chi connectivity index (χ1v) is 11.8. The maximum Gasteiger partial charge on any atom is 0.300 e. The summed E-state index contributed by atoms with van der Waals surface area (Å²) in [5.41, 5.74) is 3.85. The molecule has 1 fully saturated rings. The van der Waals surface area contributed by atoms with Crippen LogP contribution in [0, 0.1) is 0 Å². The Morgan fingerprint density at radius 3 is 2.53 bits per heavy atom. The van der Waals surface area contributed by atoms with Crippen LogP contribution in [0.1, 0.15) is 29.7 Å². The number of ketones is 1. The minimum atomic E-state index is -0.811. The lowest BCUT2D eigenvalue weighted by Gasteiger charge is -2.25. The summed E-state index contributed by atoms with van der Waals surface area (Å²) >= 11 is 0. The number of hydrogen-bond donors (Lipinski definition) is 1. The zero-order valence-corrected chi connectivity index (χ0v) is 19.9. The number of anilines is 1. The van der Waals surface area contributed by atoms with E-state index in [2.05, 4.69) is 6.92 Å². The van der Waals surface area contributed by atoms with Crippen molar-refractivity contribution in [3.05, 3.63) is 95.2 Å². The van der Waals surface area contributed by atoms with Gasteiger partial charge in [0.2, 0.25) is 6.79 Å². The molecule has 0 saturated carbocycles. The molecule has 1 N–H and O–H groups in total. The molecule has 0 aliphatic carbocycles. The first-order chi connectivity index (χ1) is 17.5. The Morgan fingerprint density at radius 2 is 1.75 bits per heavy atom. The van der Waals surface area contributed by atoms with Crippen LogP contribution >= 0.6 is 0 Å². The van der Waals surface area contributed by atoms with Crippen LogP contribution in [0.25, 0.3) is 16.7 Å². The summed E-state index contributed by atoms with van der Waals surface area (Å²) in [5.74, 6) is -0.627. The molecule has 4 aromatic rings. The number of hydrogen-bond acceptors (Lipinski definition) is 5. The highest BCUT2D eigenvalue weighted by molar-refractivity contribution is 6.51. The van der Waals surface area contributed by atoms with Gasteiger partial charge in [0.05, 0.1) is 11.6 Å². The molecular weight excluding hydrogens is 456 g/mol. The highest BCUT2D eigenvalue weighted by Gasteiger charge is 2.48. The lowest BCUT2D eigenvalue weighted by Crippen LogP contribution is -2.29. The number of amides is 1. The molecule has 1 atom stereocenters. The molecule has 0 radical (unpaired) electrons. The zero-order valence-electron chi connectivity index (χ0n) is 19.9. The Morgan fingerprint density at radius 1 is 1.00 bits per heavy atom. The standard InChI is InChI=1S/C29H24N2O5/c1-3-17-8-11-19(12-9-17)31-26(21-15-30(2)22-7-5-4-6-20(21)22)25(28(33)29(31)34)27(32)18-10-13-23-24(14-18)36-16-35-23/h4-15,26,32H,3,16H2,1-2H3/b27-25+. The molecule has 180 valence electrons. The second kappa shape index (κ2) is 8.30. The van der Waals surface area contributed by atoms with Crippen molar-refractivity contribution in [2.24, 2.45) is 7.05 Å². The largest absolute Gasteiger partial charge is 0.507 e. The van der Waals surface area contributed by atoms with Crippen LogP contribution in [0.2, 0.25) is 0 Å². The number of rotatable bonds is 4. The minimum Gasteiger partial charge on any atom is -0.507 e. The number of aromatic nitrogens is 1. The highest BCUT2D eigenvalue weighted by Crippen LogP contribution is 2.45. The molecule has 1 amide bonds. The molecule has 1 unspecified atom stereocenters. The number of para-hydroxylation sites is 1. The van der Waals surface area contributed by atoms with Crippen molar-refractivity contribution in [1.82, 2.24) is 4.57 Å². The molecule has 3 heterocycles. The summed E-state index contributed by atoms with van der Waals surface area (Å²) in [5, 5.41) is 12.4. The molecule has 7 nitrogen and oxygen atoms in total. The van der Waals surface area contributed by atoms with Gasteiger partial charge in [0.1, 0.15) is 5.76 Å². The summed E-state index contributed by atoms with van der Waals surface area (Å²) < 4.78 is 12.8. The number of nitrogens with zero attached hydrogens (tertiary/aromatic N) is 2. The summed E-state index contributed by atoms with van der Waals surface area (Å²) in [7, 11) is 1.92. The molecular formula is C29H24N2O5. The number of fused-ring (bicyclic) bond motifs is 2. The maximum absolute atomic E-state index is 13.5. The first-order valence-electron chi connectivity index (χ1n) is 11.8. The fourth-order valence-electron chi connectivity index (χ4n) is 5.08. The Kier molecular flexibility index (Phi) is 5.07. The normalized spacial score (nSPS) is 18.4. The molecule has 36 heavy (non-hydrogen) atoms. The van der Waals surface area contributed by atoms with Crippen LogP contribution in [0.4, 0.5) is 5.69 Å². The van der Waals surface area contributed by atoms with Gasteiger partial charge in [-0.15, -0.1) is 0 Å². The van der Waals surface area contributed by atoms with E-state index in [9.17, 15) is 14.7 Å². The topological polar surface area (TPSA) is 81.0 Å². The predicted molar refractivity (Wildman–Crippen MR) is 136 cm³/mol. The predicted octanol–water partition coefficient (Wildman–Crippen LogP) is 5.10. The van der Waals surface area contributed by atoms with Gasteiger partial charge in [0.15, 0.2) is 11.5 Å². The molecule has 2 aliphatic rings. The van der Waals surface area contributed by atoms with Crippen molar-refractivity contribution < 1.29 is 24.2 Å². The summed E-state index contributed by atoms with van der Waals surface area (Å²) in [6.07, 6.45) is 2.78. The number of aryl methyl sites for hydroxylation is 2. The van der Waals surface area contributed by atoms with Crippen LogP contribution < -0.4 is 14.4 Å². The Hall–Kier alpha value is -4.52. The van der Waals surface area contributed by atoms with Crippen LogP contribution in [-0.4, -0.2) is 28.2 Å². The first kappa shape index (κ1) is 22.0. The van der Waals surface area contributed by atoms with Gasteiger partial charge in [-0.1, -0.05) is 37.3 Å². The summed E-state index contributed by atoms with van der Waals surface area (Å²) in [4.78, 5) is 28.5. The van der Waals surface area contributed by atoms with Gasteiger partial charge in [-0.2, -0.15) is 0 Å².